The number of benzene rings is 1. The highest BCUT2D eigenvalue weighted by molar-refractivity contribution is 6.37. The van der Waals surface area contributed by atoms with Crippen LogP contribution in [0.4, 0.5) is 13.2 Å². The van der Waals surface area contributed by atoms with E-state index < -0.39 is 17.7 Å². The first-order valence-corrected chi connectivity index (χ1v) is 5.42. The normalized spacial score (nSPS) is 12.1. The molecule has 0 saturated heterocycles. The van der Waals surface area contributed by atoms with Gasteiger partial charge in [-0.2, -0.15) is 13.2 Å². The molecule has 1 rings (SSSR count). The van der Waals surface area contributed by atoms with Gasteiger partial charge in [0.15, 0.2) is 0 Å². The van der Waals surface area contributed by atoms with Crippen LogP contribution in [0.3, 0.4) is 0 Å². The van der Waals surface area contributed by atoms with E-state index in [1.54, 1.807) is 0 Å². The monoisotopic (exact) mass is 298 g/mol. The van der Waals surface area contributed by atoms with Gasteiger partial charge in [0.05, 0.1) is 12.0 Å². The van der Waals surface area contributed by atoms with Crippen molar-refractivity contribution in [1.29, 1.82) is 0 Å². The molecule has 0 saturated carbocycles. The Morgan fingerprint density at radius 1 is 1.28 bits per heavy atom. The van der Waals surface area contributed by atoms with Gasteiger partial charge in [0.25, 0.3) is 0 Å². The molecule has 0 radical (unpaired) electrons. The van der Waals surface area contributed by atoms with Crippen LogP contribution < -0.4 is 0 Å². The summed E-state index contributed by atoms with van der Waals surface area (Å²) >= 11 is 11.3. The second kappa shape index (κ2) is 5.63. The van der Waals surface area contributed by atoms with E-state index in [2.05, 4.69) is 0 Å². The standard InChI is InChI=1S/C11H7Cl2F3O2/c12-8-4-6(11(14,15)16)5-9(13)7(8)2-1-3-10(17)18/h1-2,4-5H,3H2,(H,17,18). The van der Waals surface area contributed by atoms with Gasteiger partial charge in [0.2, 0.25) is 0 Å². The number of rotatable bonds is 3. The fraction of sp³-hybridized carbons (Fsp3) is 0.182. The Bertz CT molecular complexity index is 473. The highest BCUT2D eigenvalue weighted by atomic mass is 35.5. The molecular weight excluding hydrogens is 292 g/mol. The van der Waals surface area contributed by atoms with E-state index >= 15 is 0 Å². The maximum atomic E-state index is 12.4. The number of hydrogen-bond acceptors (Lipinski definition) is 1. The van der Waals surface area contributed by atoms with E-state index in [0.717, 1.165) is 12.1 Å². The van der Waals surface area contributed by atoms with Crippen molar-refractivity contribution in [3.8, 4) is 0 Å². The van der Waals surface area contributed by atoms with Crippen molar-refractivity contribution in [1.82, 2.24) is 0 Å². The lowest BCUT2D eigenvalue weighted by Gasteiger charge is -2.10. The highest BCUT2D eigenvalue weighted by Crippen LogP contribution is 2.36. The zero-order chi connectivity index (χ0) is 13.9. The summed E-state index contributed by atoms with van der Waals surface area (Å²) in [4.78, 5) is 10.3. The fourth-order valence-corrected chi connectivity index (χ4v) is 1.80. The van der Waals surface area contributed by atoms with Crippen molar-refractivity contribution in [2.75, 3.05) is 0 Å². The molecule has 0 atom stereocenters. The number of carboxylic acid groups (broad SMARTS) is 1. The second-order valence-electron chi connectivity index (χ2n) is 3.35. The smallest absolute Gasteiger partial charge is 0.416 e. The first kappa shape index (κ1) is 14.9. The Morgan fingerprint density at radius 2 is 1.78 bits per heavy atom. The maximum Gasteiger partial charge on any atom is 0.416 e. The Kier molecular flexibility index (Phi) is 4.65. The Morgan fingerprint density at radius 3 is 2.17 bits per heavy atom. The van der Waals surface area contributed by atoms with E-state index in [4.69, 9.17) is 28.3 Å². The minimum absolute atomic E-state index is 0.160. The predicted molar refractivity (Wildman–Crippen MR) is 62.8 cm³/mol. The maximum absolute atomic E-state index is 12.4. The molecule has 1 N–H and O–H groups in total. The highest BCUT2D eigenvalue weighted by Gasteiger charge is 2.31. The Hall–Kier alpha value is -1.20. The van der Waals surface area contributed by atoms with Gasteiger partial charge in [-0.25, -0.2) is 0 Å². The average molecular weight is 299 g/mol. The molecule has 0 bridgehead atoms. The molecule has 0 aromatic heterocycles. The van der Waals surface area contributed by atoms with Gasteiger partial charge in [0, 0.05) is 15.6 Å². The summed E-state index contributed by atoms with van der Waals surface area (Å²) in [5, 5.41) is 8.05. The molecule has 18 heavy (non-hydrogen) atoms. The topological polar surface area (TPSA) is 37.3 Å². The minimum atomic E-state index is -4.53. The van der Waals surface area contributed by atoms with Crippen LogP contribution in [-0.4, -0.2) is 11.1 Å². The lowest BCUT2D eigenvalue weighted by atomic mass is 10.1. The van der Waals surface area contributed by atoms with Crippen LogP contribution in [0, 0.1) is 0 Å². The van der Waals surface area contributed by atoms with Crippen LogP contribution in [0.1, 0.15) is 17.5 Å². The number of halogens is 5. The van der Waals surface area contributed by atoms with Crippen LogP contribution in [-0.2, 0) is 11.0 Å². The molecule has 0 heterocycles. The third kappa shape index (κ3) is 3.92. The van der Waals surface area contributed by atoms with E-state index in [-0.39, 0.29) is 22.0 Å². The average Bonchev–Trinajstić information content (AvgIpc) is 2.20. The summed E-state index contributed by atoms with van der Waals surface area (Å²) < 4.78 is 37.3. The molecule has 0 fully saturated rings. The van der Waals surface area contributed by atoms with E-state index in [0.29, 0.717) is 0 Å². The Labute approximate surface area is 111 Å². The lowest BCUT2D eigenvalue weighted by molar-refractivity contribution is -0.138. The van der Waals surface area contributed by atoms with Crippen LogP contribution >= 0.6 is 23.2 Å². The molecular formula is C11H7Cl2F3O2. The molecule has 1 aromatic rings. The van der Waals surface area contributed by atoms with Gasteiger partial charge in [-0.05, 0) is 12.1 Å². The number of carbonyl (C=O) groups is 1. The minimum Gasteiger partial charge on any atom is -0.481 e. The summed E-state index contributed by atoms with van der Waals surface area (Å²) in [7, 11) is 0. The van der Waals surface area contributed by atoms with E-state index in [1.807, 2.05) is 0 Å². The largest absolute Gasteiger partial charge is 0.481 e. The van der Waals surface area contributed by atoms with Crippen molar-refractivity contribution in [2.45, 2.75) is 12.6 Å². The van der Waals surface area contributed by atoms with Crippen molar-refractivity contribution in [3.63, 3.8) is 0 Å². The van der Waals surface area contributed by atoms with Gasteiger partial charge >= 0.3 is 12.1 Å². The first-order chi connectivity index (χ1) is 8.21. The van der Waals surface area contributed by atoms with E-state index in [1.165, 1.54) is 12.2 Å². The second-order valence-corrected chi connectivity index (χ2v) is 4.17. The molecule has 0 aliphatic heterocycles. The van der Waals surface area contributed by atoms with Crippen LogP contribution in [0.25, 0.3) is 6.08 Å². The SMILES string of the molecule is O=C(O)CC=Cc1c(Cl)cc(C(F)(F)F)cc1Cl. The van der Waals surface area contributed by atoms with Gasteiger partial charge < -0.3 is 5.11 Å². The molecule has 0 aliphatic carbocycles. The number of alkyl halides is 3. The molecule has 0 unspecified atom stereocenters. The zero-order valence-corrected chi connectivity index (χ0v) is 10.3. The molecule has 7 heteroatoms. The van der Waals surface area contributed by atoms with Crippen LogP contribution in [0.5, 0.6) is 0 Å². The van der Waals surface area contributed by atoms with Crippen LogP contribution in [0.15, 0.2) is 18.2 Å². The summed E-state index contributed by atoms with van der Waals surface area (Å²) in [6.45, 7) is 0. The summed E-state index contributed by atoms with van der Waals surface area (Å²) in [5.74, 6) is -1.06. The van der Waals surface area contributed by atoms with Gasteiger partial charge in [-0.1, -0.05) is 35.4 Å². The third-order valence-electron chi connectivity index (χ3n) is 1.98. The quantitative estimate of drug-likeness (QED) is 0.892. The van der Waals surface area contributed by atoms with Crippen molar-refractivity contribution >= 4 is 35.2 Å². The molecule has 0 spiro atoms. The number of aliphatic carboxylic acids is 1. The van der Waals surface area contributed by atoms with Crippen molar-refractivity contribution < 1.29 is 23.1 Å². The number of hydrogen-bond donors (Lipinski definition) is 1. The summed E-state index contributed by atoms with van der Waals surface area (Å²) in [6, 6.07) is 1.49. The van der Waals surface area contributed by atoms with Crippen molar-refractivity contribution in [2.24, 2.45) is 0 Å². The van der Waals surface area contributed by atoms with Crippen LogP contribution in [0.2, 0.25) is 10.0 Å². The molecule has 0 aliphatic rings. The molecule has 2 nitrogen and oxygen atoms in total. The molecule has 1 aromatic carbocycles. The molecule has 98 valence electrons. The third-order valence-corrected chi connectivity index (χ3v) is 2.61. The van der Waals surface area contributed by atoms with Gasteiger partial charge in [0.1, 0.15) is 0 Å². The Balaban J connectivity index is 3.09. The summed E-state index contributed by atoms with van der Waals surface area (Å²) in [5.41, 5.74) is -0.791. The lowest BCUT2D eigenvalue weighted by Crippen LogP contribution is -2.05. The van der Waals surface area contributed by atoms with Gasteiger partial charge in [-0.15, -0.1) is 0 Å². The van der Waals surface area contributed by atoms with Crippen molar-refractivity contribution in [3.05, 3.63) is 39.4 Å². The number of carboxylic acids is 1. The zero-order valence-electron chi connectivity index (χ0n) is 8.76. The molecule has 0 amide bonds. The first-order valence-electron chi connectivity index (χ1n) is 4.66. The van der Waals surface area contributed by atoms with E-state index in [9.17, 15) is 18.0 Å². The fourth-order valence-electron chi connectivity index (χ4n) is 1.18. The summed E-state index contributed by atoms with van der Waals surface area (Å²) in [6.07, 6.45) is -2.27. The predicted octanol–water partition coefficient (Wildman–Crippen LogP) is 4.50. The van der Waals surface area contributed by atoms with Gasteiger partial charge in [-0.3, -0.25) is 4.79 Å².